The van der Waals surface area contributed by atoms with Gasteiger partial charge in [-0.15, -0.1) is 0 Å². The number of thioether (sulfide) groups is 1. The molecular weight excluding hydrogens is 310 g/mol. The first-order valence-corrected chi connectivity index (χ1v) is 8.36. The molecule has 0 aromatic heterocycles. The number of nitrogens with zero attached hydrogens (tertiary/aromatic N) is 2. The molecule has 0 saturated carbocycles. The van der Waals surface area contributed by atoms with Crippen LogP contribution in [0.15, 0.2) is 18.2 Å². The van der Waals surface area contributed by atoms with Gasteiger partial charge < -0.3 is 9.80 Å². The summed E-state index contributed by atoms with van der Waals surface area (Å²) in [6.45, 7) is 1.62. The van der Waals surface area contributed by atoms with Gasteiger partial charge in [-0.05, 0) is 18.6 Å². The van der Waals surface area contributed by atoms with Crippen LogP contribution in [0.25, 0.3) is 0 Å². The molecule has 7 heteroatoms. The molecule has 1 aromatic carbocycles. The fourth-order valence-corrected chi connectivity index (χ4v) is 3.77. The Kier molecular flexibility index (Phi) is 4.33. The van der Waals surface area contributed by atoms with Crippen molar-refractivity contribution in [2.75, 3.05) is 36.0 Å². The fraction of sp³-hybridized carbons (Fsp3) is 0.467. The Balaban J connectivity index is 1.75. The minimum atomic E-state index is -0.731. The van der Waals surface area contributed by atoms with Crippen molar-refractivity contribution in [3.63, 3.8) is 0 Å². The summed E-state index contributed by atoms with van der Waals surface area (Å²) in [5.74, 6) is -0.958. The molecule has 3 rings (SSSR count). The van der Waals surface area contributed by atoms with Crippen molar-refractivity contribution >= 4 is 29.3 Å². The van der Waals surface area contributed by atoms with Crippen LogP contribution in [-0.2, 0) is 9.59 Å². The van der Waals surface area contributed by atoms with Crippen molar-refractivity contribution in [3.8, 4) is 0 Å². The van der Waals surface area contributed by atoms with Crippen LogP contribution >= 0.6 is 11.8 Å². The Morgan fingerprint density at radius 2 is 1.73 bits per heavy atom. The van der Waals surface area contributed by atoms with E-state index in [1.54, 1.807) is 16.7 Å². The summed E-state index contributed by atoms with van der Waals surface area (Å²) in [7, 11) is 0. The zero-order chi connectivity index (χ0) is 15.7. The van der Waals surface area contributed by atoms with Crippen LogP contribution in [-0.4, -0.2) is 47.9 Å². The van der Waals surface area contributed by atoms with Crippen LogP contribution in [0.1, 0.15) is 6.42 Å². The molecule has 118 valence electrons. The van der Waals surface area contributed by atoms with Crippen LogP contribution in [0.5, 0.6) is 0 Å². The lowest BCUT2D eigenvalue weighted by molar-refractivity contribution is -0.139. The van der Waals surface area contributed by atoms with Crippen molar-refractivity contribution in [3.05, 3.63) is 29.8 Å². The van der Waals surface area contributed by atoms with E-state index < -0.39 is 17.6 Å². The van der Waals surface area contributed by atoms with E-state index in [9.17, 15) is 18.4 Å². The Morgan fingerprint density at radius 3 is 2.36 bits per heavy atom. The molecule has 2 aliphatic rings. The van der Waals surface area contributed by atoms with E-state index in [2.05, 4.69) is 0 Å². The maximum absolute atomic E-state index is 13.3. The summed E-state index contributed by atoms with van der Waals surface area (Å²) >= 11 is 1.79. The van der Waals surface area contributed by atoms with Gasteiger partial charge in [-0.25, -0.2) is 8.78 Å². The highest BCUT2D eigenvalue weighted by Crippen LogP contribution is 2.28. The molecule has 2 heterocycles. The third-order valence-electron chi connectivity index (χ3n) is 3.99. The molecule has 0 unspecified atom stereocenters. The van der Waals surface area contributed by atoms with Gasteiger partial charge in [0, 0.05) is 42.9 Å². The van der Waals surface area contributed by atoms with Gasteiger partial charge in [0.1, 0.15) is 17.6 Å². The van der Waals surface area contributed by atoms with Crippen molar-refractivity contribution < 1.29 is 18.4 Å². The zero-order valence-corrected chi connectivity index (χ0v) is 12.7. The van der Waals surface area contributed by atoms with Crippen LogP contribution in [0.3, 0.4) is 0 Å². The van der Waals surface area contributed by atoms with Gasteiger partial charge in [0.15, 0.2) is 0 Å². The Hall–Kier alpha value is -1.63. The van der Waals surface area contributed by atoms with Crippen LogP contribution < -0.4 is 4.90 Å². The van der Waals surface area contributed by atoms with Crippen molar-refractivity contribution in [1.29, 1.82) is 0 Å². The maximum atomic E-state index is 13.3. The normalized spacial score (nSPS) is 22.3. The first-order valence-electron chi connectivity index (χ1n) is 7.20. The van der Waals surface area contributed by atoms with Gasteiger partial charge in [0.2, 0.25) is 11.8 Å². The van der Waals surface area contributed by atoms with Gasteiger partial charge in [-0.2, -0.15) is 11.8 Å². The fourth-order valence-electron chi connectivity index (χ4n) is 2.86. The number of benzene rings is 1. The SMILES string of the molecule is O=C([C@@H]1CCN(c2cc(F)cc(F)c2)C1=O)N1CCSCC1. The average Bonchev–Trinajstić information content (AvgIpc) is 2.88. The molecule has 4 nitrogen and oxygen atoms in total. The van der Waals surface area contributed by atoms with E-state index in [1.165, 1.54) is 4.90 Å². The van der Waals surface area contributed by atoms with Gasteiger partial charge in [-0.1, -0.05) is 0 Å². The molecule has 1 aromatic rings. The van der Waals surface area contributed by atoms with E-state index >= 15 is 0 Å². The number of hydrogen-bond acceptors (Lipinski definition) is 3. The van der Waals surface area contributed by atoms with Gasteiger partial charge >= 0.3 is 0 Å². The van der Waals surface area contributed by atoms with Gasteiger partial charge in [0.25, 0.3) is 0 Å². The predicted molar refractivity (Wildman–Crippen MR) is 80.7 cm³/mol. The lowest BCUT2D eigenvalue weighted by Crippen LogP contribution is -2.44. The second-order valence-electron chi connectivity index (χ2n) is 5.40. The van der Waals surface area contributed by atoms with Crippen LogP contribution in [0, 0.1) is 17.6 Å². The molecule has 0 aliphatic carbocycles. The van der Waals surface area contributed by atoms with Crippen molar-refractivity contribution in [2.45, 2.75) is 6.42 Å². The van der Waals surface area contributed by atoms with E-state index in [-0.39, 0.29) is 17.5 Å². The number of carbonyl (C=O) groups excluding carboxylic acids is 2. The highest BCUT2D eigenvalue weighted by Gasteiger charge is 2.40. The first kappa shape index (κ1) is 15.3. The average molecular weight is 326 g/mol. The number of hydrogen-bond donors (Lipinski definition) is 0. The molecule has 0 N–H and O–H groups in total. The van der Waals surface area contributed by atoms with Crippen LogP contribution in [0.4, 0.5) is 14.5 Å². The Morgan fingerprint density at radius 1 is 1.09 bits per heavy atom. The van der Waals surface area contributed by atoms with E-state index in [4.69, 9.17) is 0 Å². The van der Waals surface area contributed by atoms with Gasteiger partial charge in [-0.3, -0.25) is 9.59 Å². The van der Waals surface area contributed by atoms with Crippen molar-refractivity contribution in [2.24, 2.45) is 5.92 Å². The topological polar surface area (TPSA) is 40.6 Å². The molecule has 2 amide bonds. The largest absolute Gasteiger partial charge is 0.340 e. The number of halogens is 2. The summed E-state index contributed by atoms with van der Waals surface area (Å²) in [6.07, 6.45) is 0.388. The summed E-state index contributed by atoms with van der Waals surface area (Å²) < 4.78 is 26.6. The molecule has 0 bridgehead atoms. The minimum absolute atomic E-state index is 0.162. The third kappa shape index (κ3) is 2.95. The van der Waals surface area contributed by atoms with Gasteiger partial charge in [0.05, 0.1) is 0 Å². The molecule has 1 atom stereocenters. The first-order chi connectivity index (χ1) is 10.6. The molecule has 2 aliphatic heterocycles. The molecule has 2 fully saturated rings. The van der Waals surface area contributed by atoms with Crippen molar-refractivity contribution in [1.82, 2.24) is 4.90 Å². The summed E-state index contributed by atoms with van der Waals surface area (Å²) in [6, 6.07) is 2.99. The van der Waals surface area contributed by atoms with E-state index in [0.29, 0.717) is 26.1 Å². The minimum Gasteiger partial charge on any atom is -0.340 e. The monoisotopic (exact) mass is 326 g/mol. The van der Waals surface area contributed by atoms with Crippen LogP contribution in [0.2, 0.25) is 0 Å². The third-order valence-corrected chi connectivity index (χ3v) is 4.93. The number of amides is 2. The summed E-state index contributed by atoms with van der Waals surface area (Å²) in [5, 5.41) is 0. The quantitative estimate of drug-likeness (QED) is 0.780. The molecule has 2 saturated heterocycles. The number of anilines is 1. The smallest absolute Gasteiger partial charge is 0.239 e. The molecule has 0 radical (unpaired) electrons. The number of carbonyl (C=O) groups is 2. The Bertz CT molecular complexity index is 585. The summed E-state index contributed by atoms with van der Waals surface area (Å²) in [4.78, 5) is 27.9. The summed E-state index contributed by atoms with van der Waals surface area (Å²) in [5.41, 5.74) is 0.173. The van der Waals surface area contributed by atoms with E-state index in [1.807, 2.05) is 0 Å². The maximum Gasteiger partial charge on any atom is 0.239 e. The standard InChI is InChI=1S/C15H16F2N2O2S/c16-10-7-11(17)9-12(8-10)19-2-1-13(15(19)21)14(20)18-3-5-22-6-4-18/h7-9,13H,1-6H2/t13-/m0/s1. The lowest BCUT2D eigenvalue weighted by atomic mass is 10.1. The molecular formula is C15H16F2N2O2S. The highest BCUT2D eigenvalue weighted by atomic mass is 32.2. The predicted octanol–water partition coefficient (Wildman–Crippen LogP) is 1.89. The van der Waals surface area contributed by atoms with E-state index in [0.717, 1.165) is 29.7 Å². The highest BCUT2D eigenvalue weighted by molar-refractivity contribution is 7.99. The lowest BCUT2D eigenvalue weighted by Gasteiger charge is -2.28. The number of rotatable bonds is 2. The second-order valence-corrected chi connectivity index (χ2v) is 6.62. The Labute approximate surface area is 131 Å². The zero-order valence-electron chi connectivity index (χ0n) is 11.9. The molecule has 0 spiro atoms. The molecule has 22 heavy (non-hydrogen) atoms. The second kappa shape index (κ2) is 6.24.